The Kier molecular flexibility index (Phi) is 5.42. The number of nitrogens with zero attached hydrogens (tertiary/aromatic N) is 4. The van der Waals surface area contributed by atoms with Crippen LogP contribution < -0.4 is 10.1 Å². The second-order valence-electron chi connectivity index (χ2n) is 6.62. The van der Waals surface area contributed by atoms with E-state index in [2.05, 4.69) is 20.4 Å². The van der Waals surface area contributed by atoms with Crippen LogP contribution in [0.1, 0.15) is 18.5 Å². The molecule has 9 heteroatoms. The van der Waals surface area contributed by atoms with Crippen LogP contribution in [0, 0.1) is 5.82 Å². The van der Waals surface area contributed by atoms with Gasteiger partial charge in [-0.25, -0.2) is 18.3 Å². The summed E-state index contributed by atoms with van der Waals surface area (Å²) in [5.74, 6) is 0.563. The van der Waals surface area contributed by atoms with Crippen molar-refractivity contribution in [2.24, 2.45) is 0 Å². The Morgan fingerprint density at radius 1 is 1.17 bits per heavy atom. The summed E-state index contributed by atoms with van der Waals surface area (Å²) < 4.78 is 32.9. The lowest BCUT2D eigenvalue weighted by Crippen LogP contribution is -2.10. The molecule has 0 unspecified atom stereocenters. The molecule has 0 amide bonds. The number of aromatic nitrogens is 4. The summed E-state index contributed by atoms with van der Waals surface area (Å²) in [5, 5.41) is 17.7. The van der Waals surface area contributed by atoms with E-state index in [9.17, 15) is 13.9 Å². The number of benzene rings is 1. The highest BCUT2D eigenvalue weighted by Gasteiger charge is 2.14. The Bertz CT molecular complexity index is 1180. The fourth-order valence-corrected chi connectivity index (χ4v) is 3.09. The molecule has 1 atom stereocenters. The standard InChI is InChI=1S/C21H19F2N5O2/c1-13(16-10-14(23)2-3-19(16)29)26-20-4-5-21-25-12-18(28(21)27-20)17-11-15(6-8-24-17)30-9-7-22/h2-6,8,10-13,29H,7,9H2,1H3,(H,26,27)/t13-/m1/s1. The zero-order chi connectivity index (χ0) is 21.1. The molecule has 0 saturated heterocycles. The number of fused-ring (bicyclic) bond motifs is 1. The summed E-state index contributed by atoms with van der Waals surface area (Å²) in [6.07, 6.45) is 3.20. The lowest BCUT2D eigenvalue weighted by molar-refractivity contribution is 0.273. The fourth-order valence-electron chi connectivity index (χ4n) is 3.09. The third-order valence-electron chi connectivity index (χ3n) is 4.52. The van der Waals surface area contributed by atoms with E-state index < -0.39 is 18.5 Å². The fraction of sp³-hybridized carbons (Fsp3) is 0.190. The van der Waals surface area contributed by atoms with Gasteiger partial charge in [-0.3, -0.25) is 4.98 Å². The number of phenolic OH excluding ortho intramolecular Hbond substituents is 1. The van der Waals surface area contributed by atoms with Gasteiger partial charge in [-0.2, -0.15) is 0 Å². The quantitative estimate of drug-likeness (QED) is 0.475. The van der Waals surface area contributed by atoms with Crippen molar-refractivity contribution in [1.82, 2.24) is 19.6 Å². The van der Waals surface area contributed by atoms with Gasteiger partial charge in [0.15, 0.2) is 5.65 Å². The van der Waals surface area contributed by atoms with Crippen LogP contribution in [-0.2, 0) is 0 Å². The minimum atomic E-state index is -0.580. The van der Waals surface area contributed by atoms with Gasteiger partial charge in [-0.05, 0) is 43.3 Å². The van der Waals surface area contributed by atoms with Crippen molar-refractivity contribution in [3.63, 3.8) is 0 Å². The number of imidazole rings is 1. The van der Waals surface area contributed by atoms with Crippen molar-refractivity contribution in [1.29, 1.82) is 0 Å². The molecule has 7 nitrogen and oxygen atoms in total. The van der Waals surface area contributed by atoms with Crippen LogP contribution in [0.25, 0.3) is 17.0 Å². The van der Waals surface area contributed by atoms with E-state index in [1.165, 1.54) is 18.2 Å². The van der Waals surface area contributed by atoms with Gasteiger partial charge in [-0.15, -0.1) is 5.10 Å². The van der Waals surface area contributed by atoms with E-state index in [1.807, 2.05) is 0 Å². The Morgan fingerprint density at radius 2 is 2.03 bits per heavy atom. The van der Waals surface area contributed by atoms with Gasteiger partial charge >= 0.3 is 0 Å². The number of halogens is 2. The average molecular weight is 411 g/mol. The lowest BCUT2D eigenvalue weighted by atomic mass is 10.1. The van der Waals surface area contributed by atoms with Crippen LogP contribution in [0.2, 0.25) is 0 Å². The Hall–Kier alpha value is -3.75. The molecule has 0 saturated carbocycles. The number of rotatable bonds is 7. The molecule has 3 heterocycles. The van der Waals surface area contributed by atoms with Crippen LogP contribution in [0.3, 0.4) is 0 Å². The molecule has 30 heavy (non-hydrogen) atoms. The number of hydrogen-bond donors (Lipinski definition) is 2. The first-order valence-electron chi connectivity index (χ1n) is 9.30. The molecule has 3 aromatic heterocycles. The van der Waals surface area contributed by atoms with Gasteiger partial charge in [-0.1, -0.05) is 0 Å². The van der Waals surface area contributed by atoms with Crippen molar-refractivity contribution in [2.75, 3.05) is 18.6 Å². The summed E-state index contributed by atoms with van der Waals surface area (Å²) in [5.41, 5.74) is 2.22. The molecule has 0 bridgehead atoms. The van der Waals surface area contributed by atoms with Gasteiger partial charge < -0.3 is 15.2 Å². The third-order valence-corrected chi connectivity index (χ3v) is 4.52. The van der Waals surface area contributed by atoms with Gasteiger partial charge in [0.1, 0.15) is 42.1 Å². The maximum absolute atomic E-state index is 13.6. The number of ether oxygens (including phenoxy) is 1. The third kappa shape index (κ3) is 4.00. The number of hydrogen-bond acceptors (Lipinski definition) is 6. The highest BCUT2D eigenvalue weighted by atomic mass is 19.1. The van der Waals surface area contributed by atoms with E-state index in [-0.39, 0.29) is 12.4 Å². The average Bonchev–Trinajstić information content (AvgIpc) is 3.17. The molecule has 0 aliphatic rings. The summed E-state index contributed by atoms with van der Waals surface area (Å²) >= 11 is 0. The zero-order valence-corrected chi connectivity index (χ0v) is 16.1. The molecule has 1 aromatic carbocycles. The maximum atomic E-state index is 13.6. The normalized spacial score (nSPS) is 12.1. The lowest BCUT2D eigenvalue weighted by Gasteiger charge is -2.16. The number of pyridine rings is 1. The first-order valence-corrected chi connectivity index (χ1v) is 9.30. The largest absolute Gasteiger partial charge is 0.508 e. The first kappa shape index (κ1) is 19.6. The predicted molar refractivity (Wildman–Crippen MR) is 108 cm³/mol. The van der Waals surface area contributed by atoms with E-state index in [4.69, 9.17) is 4.74 Å². The van der Waals surface area contributed by atoms with E-state index >= 15 is 0 Å². The molecule has 154 valence electrons. The number of aromatic hydroxyl groups is 1. The highest BCUT2D eigenvalue weighted by molar-refractivity contribution is 5.61. The summed E-state index contributed by atoms with van der Waals surface area (Å²) in [6, 6.07) is 10.3. The molecule has 2 N–H and O–H groups in total. The predicted octanol–water partition coefficient (Wildman–Crippen LogP) is 4.16. The number of alkyl halides is 1. The molecular formula is C21H19F2N5O2. The highest BCUT2D eigenvalue weighted by Crippen LogP contribution is 2.28. The molecule has 0 spiro atoms. The van der Waals surface area contributed by atoms with Crippen molar-refractivity contribution < 1.29 is 18.6 Å². The summed E-state index contributed by atoms with van der Waals surface area (Å²) in [6.45, 7) is 1.18. The van der Waals surface area contributed by atoms with Crippen molar-refractivity contribution in [3.05, 3.63) is 66.2 Å². The number of nitrogens with one attached hydrogen (secondary N) is 1. The Morgan fingerprint density at radius 3 is 2.87 bits per heavy atom. The molecule has 4 rings (SSSR count). The molecular weight excluding hydrogens is 392 g/mol. The van der Waals surface area contributed by atoms with Gasteiger partial charge in [0.2, 0.25) is 0 Å². The van der Waals surface area contributed by atoms with Gasteiger partial charge in [0, 0.05) is 17.8 Å². The van der Waals surface area contributed by atoms with Gasteiger partial charge in [0.25, 0.3) is 0 Å². The van der Waals surface area contributed by atoms with Gasteiger partial charge in [0.05, 0.1) is 17.9 Å². The second-order valence-corrected chi connectivity index (χ2v) is 6.62. The second kappa shape index (κ2) is 8.32. The van der Waals surface area contributed by atoms with Crippen LogP contribution >= 0.6 is 0 Å². The van der Waals surface area contributed by atoms with E-state index in [1.54, 1.807) is 48.1 Å². The van der Waals surface area contributed by atoms with Crippen LogP contribution in [-0.4, -0.2) is 38.0 Å². The van der Waals surface area contributed by atoms with Crippen LogP contribution in [0.5, 0.6) is 11.5 Å². The topological polar surface area (TPSA) is 84.6 Å². The van der Waals surface area contributed by atoms with Crippen molar-refractivity contribution in [2.45, 2.75) is 13.0 Å². The molecule has 0 radical (unpaired) electrons. The SMILES string of the molecule is C[C@@H](Nc1ccc2ncc(-c3cc(OCCF)ccn3)n2n1)c1cc(F)ccc1O. The van der Waals surface area contributed by atoms with Crippen molar-refractivity contribution in [3.8, 4) is 22.9 Å². The molecule has 4 aromatic rings. The zero-order valence-electron chi connectivity index (χ0n) is 16.1. The minimum absolute atomic E-state index is 0.00454. The van der Waals surface area contributed by atoms with Crippen LogP contribution in [0.15, 0.2) is 54.9 Å². The smallest absolute Gasteiger partial charge is 0.154 e. The minimum Gasteiger partial charge on any atom is -0.508 e. The molecule has 0 aliphatic carbocycles. The molecule has 0 aliphatic heterocycles. The monoisotopic (exact) mass is 411 g/mol. The first-order chi connectivity index (χ1) is 14.5. The van der Waals surface area contributed by atoms with Crippen molar-refractivity contribution >= 4 is 11.5 Å². The number of anilines is 1. The maximum Gasteiger partial charge on any atom is 0.154 e. The summed E-state index contributed by atoms with van der Waals surface area (Å²) in [7, 11) is 0. The van der Waals surface area contributed by atoms with E-state index in [0.29, 0.717) is 34.2 Å². The molecule has 0 fully saturated rings. The Labute approximate surface area is 171 Å². The van der Waals surface area contributed by atoms with Crippen LogP contribution in [0.4, 0.5) is 14.6 Å². The van der Waals surface area contributed by atoms with E-state index in [0.717, 1.165) is 0 Å². The number of phenols is 1. The Balaban J connectivity index is 1.64. The summed E-state index contributed by atoms with van der Waals surface area (Å²) in [4.78, 5) is 8.66.